The molecular formula is C21H25N3OS. The largest absolute Gasteiger partial charge is 0.494 e. The van der Waals surface area contributed by atoms with Crippen molar-refractivity contribution < 1.29 is 4.74 Å². The van der Waals surface area contributed by atoms with E-state index in [1.165, 1.54) is 25.7 Å². The summed E-state index contributed by atoms with van der Waals surface area (Å²) in [6, 6.07) is 12.0. The van der Waals surface area contributed by atoms with Crippen LogP contribution in [-0.2, 0) is 0 Å². The summed E-state index contributed by atoms with van der Waals surface area (Å²) in [6.07, 6.45) is 9.86. The molecule has 0 amide bonds. The zero-order valence-electron chi connectivity index (χ0n) is 15.1. The number of nitrogens with one attached hydrogen (secondary N) is 1. The third-order valence-corrected chi connectivity index (χ3v) is 4.84. The average molecular weight is 368 g/mol. The third kappa shape index (κ3) is 5.56. The zero-order valence-corrected chi connectivity index (χ0v) is 16.0. The molecule has 0 aliphatic heterocycles. The van der Waals surface area contributed by atoms with Crippen LogP contribution in [0.4, 0.5) is 10.8 Å². The fraction of sp³-hybridized carbons (Fsp3) is 0.333. The van der Waals surface area contributed by atoms with Crippen LogP contribution in [0.15, 0.2) is 54.2 Å². The maximum Gasteiger partial charge on any atom is 0.187 e. The number of hydrogen-bond donors (Lipinski definition) is 1. The van der Waals surface area contributed by atoms with E-state index in [4.69, 9.17) is 4.74 Å². The van der Waals surface area contributed by atoms with E-state index < -0.39 is 0 Å². The lowest BCUT2D eigenvalue weighted by atomic mass is 10.2. The van der Waals surface area contributed by atoms with Gasteiger partial charge in [-0.2, -0.15) is 0 Å². The van der Waals surface area contributed by atoms with Crippen LogP contribution >= 0.6 is 11.3 Å². The van der Waals surface area contributed by atoms with Gasteiger partial charge in [0.15, 0.2) is 5.13 Å². The van der Waals surface area contributed by atoms with Crippen molar-refractivity contribution in [3.05, 3.63) is 54.2 Å². The first-order chi connectivity index (χ1) is 12.8. The highest BCUT2D eigenvalue weighted by atomic mass is 32.1. The Morgan fingerprint density at radius 1 is 1.04 bits per heavy atom. The molecule has 3 aromatic rings. The first kappa shape index (κ1) is 18.4. The summed E-state index contributed by atoms with van der Waals surface area (Å²) in [4.78, 5) is 8.76. The van der Waals surface area contributed by atoms with Gasteiger partial charge in [-0.25, -0.2) is 4.98 Å². The Morgan fingerprint density at radius 3 is 2.65 bits per heavy atom. The number of unbranched alkanes of at least 4 members (excludes halogenated alkanes) is 4. The Balaban J connectivity index is 1.48. The van der Waals surface area contributed by atoms with Gasteiger partial charge in [0.25, 0.3) is 0 Å². The number of aromatic nitrogens is 2. The average Bonchev–Trinajstić information content (AvgIpc) is 3.15. The Kier molecular flexibility index (Phi) is 7.02. The standard InChI is InChI=1S/C21H25N3OS/c1-2-3-4-5-6-14-25-19-11-9-18(10-12-19)23-21-24-20(16-26-21)17-8-7-13-22-15-17/h7-13,15-16H,2-6,14H2,1H3,(H,23,24). The molecule has 0 bridgehead atoms. The van der Waals surface area contributed by atoms with Crippen LogP contribution in [-0.4, -0.2) is 16.6 Å². The van der Waals surface area contributed by atoms with Crippen LogP contribution in [0, 0.1) is 0 Å². The lowest BCUT2D eigenvalue weighted by Crippen LogP contribution is -1.97. The molecule has 0 aliphatic rings. The van der Waals surface area contributed by atoms with Crippen molar-refractivity contribution in [3.8, 4) is 17.0 Å². The molecule has 136 valence electrons. The predicted octanol–water partition coefficient (Wildman–Crippen LogP) is 6.30. The quantitative estimate of drug-likeness (QED) is 0.427. The van der Waals surface area contributed by atoms with Crippen LogP contribution in [0.25, 0.3) is 11.3 Å². The lowest BCUT2D eigenvalue weighted by molar-refractivity contribution is 0.304. The second-order valence-electron chi connectivity index (χ2n) is 6.19. The van der Waals surface area contributed by atoms with Gasteiger partial charge in [0.05, 0.1) is 12.3 Å². The van der Waals surface area contributed by atoms with Crippen LogP contribution in [0.1, 0.15) is 39.0 Å². The summed E-state index contributed by atoms with van der Waals surface area (Å²) in [5, 5.41) is 6.25. The predicted molar refractivity (Wildman–Crippen MR) is 109 cm³/mol. The highest BCUT2D eigenvalue weighted by molar-refractivity contribution is 7.14. The number of rotatable bonds is 10. The van der Waals surface area contributed by atoms with E-state index >= 15 is 0 Å². The number of anilines is 2. The lowest BCUT2D eigenvalue weighted by Gasteiger charge is -2.07. The number of pyridine rings is 1. The van der Waals surface area contributed by atoms with Crippen LogP contribution in [0.2, 0.25) is 0 Å². The van der Waals surface area contributed by atoms with Gasteiger partial charge in [-0.15, -0.1) is 11.3 Å². The van der Waals surface area contributed by atoms with Crippen molar-refractivity contribution in [2.45, 2.75) is 39.0 Å². The molecule has 0 unspecified atom stereocenters. The maximum atomic E-state index is 5.81. The minimum absolute atomic E-state index is 0.789. The number of ether oxygens (including phenoxy) is 1. The van der Waals surface area contributed by atoms with Crippen molar-refractivity contribution in [2.75, 3.05) is 11.9 Å². The first-order valence-corrected chi connectivity index (χ1v) is 10.1. The highest BCUT2D eigenvalue weighted by Gasteiger charge is 2.05. The summed E-state index contributed by atoms with van der Waals surface area (Å²) >= 11 is 1.59. The molecule has 0 atom stereocenters. The van der Waals surface area contributed by atoms with E-state index in [1.807, 2.05) is 48.0 Å². The minimum Gasteiger partial charge on any atom is -0.494 e. The van der Waals surface area contributed by atoms with E-state index in [2.05, 4.69) is 22.2 Å². The van der Waals surface area contributed by atoms with Crippen molar-refractivity contribution in [2.24, 2.45) is 0 Å². The summed E-state index contributed by atoms with van der Waals surface area (Å²) in [7, 11) is 0. The molecule has 1 aromatic carbocycles. The van der Waals surface area contributed by atoms with Gasteiger partial charge in [0, 0.05) is 29.0 Å². The van der Waals surface area contributed by atoms with Gasteiger partial charge < -0.3 is 10.1 Å². The molecule has 0 spiro atoms. The summed E-state index contributed by atoms with van der Waals surface area (Å²) in [5.41, 5.74) is 2.97. The monoisotopic (exact) mass is 367 g/mol. The molecule has 2 aromatic heterocycles. The molecule has 0 aliphatic carbocycles. The van der Waals surface area contributed by atoms with Gasteiger partial charge in [-0.3, -0.25) is 4.98 Å². The number of hydrogen-bond acceptors (Lipinski definition) is 5. The van der Waals surface area contributed by atoms with Gasteiger partial charge in [-0.1, -0.05) is 32.6 Å². The van der Waals surface area contributed by atoms with Crippen LogP contribution < -0.4 is 10.1 Å². The second-order valence-corrected chi connectivity index (χ2v) is 7.05. The fourth-order valence-corrected chi connectivity index (χ4v) is 3.37. The van der Waals surface area contributed by atoms with Crippen LogP contribution in [0.3, 0.4) is 0 Å². The molecule has 4 nitrogen and oxygen atoms in total. The topological polar surface area (TPSA) is 47.0 Å². The van der Waals surface area contributed by atoms with Gasteiger partial charge >= 0.3 is 0 Å². The summed E-state index contributed by atoms with van der Waals surface area (Å²) in [6.45, 7) is 3.02. The molecule has 0 fully saturated rings. The van der Waals surface area contributed by atoms with Gasteiger partial charge in [0.2, 0.25) is 0 Å². The van der Waals surface area contributed by atoms with E-state index in [0.29, 0.717) is 0 Å². The van der Waals surface area contributed by atoms with Gasteiger partial charge in [0.1, 0.15) is 5.75 Å². The second kappa shape index (κ2) is 9.92. The van der Waals surface area contributed by atoms with Crippen molar-refractivity contribution in [1.29, 1.82) is 0 Å². The number of thiazole rings is 1. The zero-order chi connectivity index (χ0) is 18.0. The van der Waals surface area contributed by atoms with Gasteiger partial charge in [-0.05, 0) is 42.8 Å². The summed E-state index contributed by atoms with van der Waals surface area (Å²) < 4.78 is 5.81. The molecule has 0 saturated heterocycles. The number of nitrogens with zero attached hydrogens (tertiary/aromatic N) is 2. The molecular weight excluding hydrogens is 342 g/mol. The molecule has 2 heterocycles. The maximum absolute atomic E-state index is 5.81. The van der Waals surface area contributed by atoms with E-state index in [0.717, 1.165) is 40.9 Å². The molecule has 3 rings (SSSR count). The summed E-state index contributed by atoms with van der Waals surface area (Å²) in [5.74, 6) is 0.918. The van der Waals surface area contributed by atoms with Crippen molar-refractivity contribution >= 4 is 22.2 Å². The molecule has 26 heavy (non-hydrogen) atoms. The molecule has 1 N–H and O–H groups in total. The highest BCUT2D eigenvalue weighted by Crippen LogP contribution is 2.27. The molecule has 5 heteroatoms. The van der Waals surface area contributed by atoms with Crippen molar-refractivity contribution in [3.63, 3.8) is 0 Å². The van der Waals surface area contributed by atoms with Crippen LogP contribution in [0.5, 0.6) is 5.75 Å². The number of benzene rings is 1. The van der Waals surface area contributed by atoms with Crippen molar-refractivity contribution in [1.82, 2.24) is 9.97 Å². The van der Waals surface area contributed by atoms with E-state index in [9.17, 15) is 0 Å². The third-order valence-electron chi connectivity index (χ3n) is 4.08. The SMILES string of the molecule is CCCCCCCOc1ccc(Nc2nc(-c3cccnc3)cs2)cc1. The molecule has 0 radical (unpaired) electrons. The molecule has 0 saturated carbocycles. The Hall–Kier alpha value is -2.40. The van der Waals surface area contributed by atoms with E-state index in [-0.39, 0.29) is 0 Å². The Morgan fingerprint density at radius 2 is 1.88 bits per heavy atom. The minimum atomic E-state index is 0.789. The fourth-order valence-electron chi connectivity index (χ4n) is 2.63. The normalized spacial score (nSPS) is 10.7. The first-order valence-electron chi connectivity index (χ1n) is 9.21. The Labute approximate surface area is 159 Å². The smallest absolute Gasteiger partial charge is 0.187 e. The Bertz CT molecular complexity index is 771. The van der Waals surface area contributed by atoms with E-state index in [1.54, 1.807) is 17.5 Å².